The first-order valence-electron chi connectivity index (χ1n) is 9.69. The van der Waals surface area contributed by atoms with Crippen LogP contribution in [0.5, 0.6) is 0 Å². The van der Waals surface area contributed by atoms with Crippen molar-refractivity contribution in [2.45, 2.75) is 25.9 Å². The van der Waals surface area contributed by atoms with Crippen LogP contribution in [0.4, 0.5) is 0 Å². The van der Waals surface area contributed by atoms with Crippen LogP contribution in [0.1, 0.15) is 24.1 Å². The Kier molecular flexibility index (Phi) is 5.53. The normalized spacial score (nSPS) is 17.0. The third-order valence-electron chi connectivity index (χ3n) is 5.41. The minimum atomic E-state index is -0.191. The fourth-order valence-electron chi connectivity index (χ4n) is 3.81. The van der Waals surface area contributed by atoms with E-state index in [1.807, 2.05) is 60.1 Å². The summed E-state index contributed by atoms with van der Waals surface area (Å²) in [6, 6.07) is 13.3. The number of benzene rings is 1. The topological polar surface area (TPSA) is 57.9 Å². The van der Waals surface area contributed by atoms with Gasteiger partial charge in [0, 0.05) is 37.8 Å². The van der Waals surface area contributed by atoms with Crippen molar-refractivity contribution < 1.29 is 9.59 Å². The number of hydrogen-bond acceptors (Lipinski definition) is 3. The van der Waals surface area contributed by atoms with Gasteiger partial charge in [-0.15, -0.1) is 0 Å². The molecule has 1 saturated heterocycles. The second-order valence-electron chi connectivity index (χ2n) is 7.51. The highest BCUT2D eigenvalue weighted by Gasteiger charge is 2.32. The lowest BCUT2D eigenvalue weighted by Crippen LogP contribution is -2.45. The maximum absolute atomic E-state index is 13.1. The molecule has 0 bridgehead atoms. The average Bonchev–Trinajstić information content (AvgIpc) is 3.13. The lowest BCUT2D eigenvalue weighted by molar-refractivity contribution is -0.143. The van der Waals surface area contributed by atoms with Crippen LogP contribution in [0.25, 0.3) is 5.65 Å². The zero-order valence-corrected chi connectivity index (χ0v) is 17.0. The Morgan fingerprint density at radius 3 is 2.83 bits per heavy atom. The van der Waals surface area contributed by atoms with Crippen molar-refractivity contribution in [3.8, 4) is 0 Å². The summed E-state index contributed by atoms with van der Waals surface area (Å²) in [5.41, 5.74) is 2.83. The quantitative estimate of drug-likeness (QED) is 0.647. The lowest BCUT2D eigenvalue weighted by atomic mass is 9.95. The minimum Gasteiger partial charge on any atom is -0.340 e. The molecule has 6 nitrogen and oxygen atoms in total. The fourth-order valence-corrected chi connectivity index (χ4v) is 3.94. The summed E-state index contributed by atoms with van der Waals surface area (Å²) in [7, 11) is 1.81. The van der Waals surface area contributed by atoms with Crippen LogP contribution in [0.2, 0.25) is 5.02 Å². The molecule has 1 atom stereocenters. The number of halogens is 1. The molecule has 0 aliphatic carbocycles. The van der Waals surface area contributed by atoms with Gasteiger partial charge in [-0.1, -0.05) is 29.8 Å². The SMILES string of the molecule is CN(Cc1cnc2ccccn12)C(=O)C1CCC(=O)N(Cc2ccc(Cl)cc2)C1. The van der Waals surface area contributed by atoms with Crippen LogP contribution >= 0.6 is 11.6 Å². The third-order valence-corrected chi connectivity index (χ3v) is 5.66. The Morgan fingerprint density at radius 1 is 1.24 bits per heavy atom. The van der Waals surface area contributed by atoms with Crippen molar-refractivity contribution in [2.24, 2.45) is 5.92 Å². The molecule has 0 N–H and O–H groups in total. The smallest absolute Gasteiger partial charge is 0.227 e. The second kappa shape index (κ2) is 8.25. The monoisotopic (exact) mass is 410 g/mol. The van der Waals surface area contributed by atoms with E-state index in [-0.39, 0.29) is 17.7 Å². The van der Waals surface area contributed by atoms with E-state index in [1.165, 1.54) is 0 Å². The van der Waals surface area contributed by atoms with Crippen LogP contribution in [-0.4, -0.2) is 44.6 Å². The van der Waals surface area contributed by atoms with E-state index in [1.54, 1.807) is 16.0 Å². The fraction of sp³-hybridized carbons (Fsp3) is 0.318. The molecule has 1 aromatic carbocycles. The zero-order valence-electron chi connectivity index (χ0n) is 16.3. The van der Waals surface area contributed by atoms with Crippen molar-refractivity contribution in [3.05, 3.63) is 71.1 Å². The molecule has 7 heteroatoms. The van der Waals surface area contributed by atoms with Gasteiger partial charge in [0.05, 0.1) is 24.4 Å². The summed E-state index contributed by atoms with van der Waals surface area (Å²) in [6.07, 6.45) is 4.74. The molecular formula is C22H23ClN4O2. The molecular weight excluding hydrogens is 388 g/mol. The number of aromatic nitrogens is 2. The Bertz CT molecular complexity index is 1030. The molecule has 1 aliphatic heterocycles. The van der Waals surface area contributed by atoms with Crippen LogP contribution < -0.4 is 0 Å². The number of imidazole rings is 1. The van der Waals surface area contributed by atoms with Gasteiger partial charge in [0.1, 0.15) is 5.65 Å². The van der Waals surface area contributed by atoms with Crippen LogP contribution in [0, 0.1) is 5.92 Å². The van der Waals surface area contributed by atoms with E-state index in [0.717, 1.165) is 16.9 Å². The minimum absolute atomic E-state index is 0.0597. The van der Waals surface area contributed by atoms with E-state index in [4.69, 9.17) is 11.6 Å². The number of pyridine rings is 1. The molecule has 1 unspecified atom stereocenters. The molecule has 150 valence electrons. The maximum Gasteiger partial charge on any atom is 0.227 e. The summed E-state index contributed by atoms with van der Waals surface area (Å²) in [5.74, 6) is -0.0397. The summed E-state index contributed by atoms with van der Waals surface area (Å²) >= 11 is 5.94. The molecule has 2 amide bonds. The molecule has 29 heavy (non-hydrogen) atoms. The predicted octanol–water partition coefficient (Wildman–Crippen LogP) is 3.38. The summed E-state index contributed by atoms with van der Waals surface area (Å²) in [6.45, 7) is 1.42. The molecule has 1 aliphatic rings. The first-order chi connectivity index (χ1) is 14.0. The Hall–Kier alpha value is -2.86. The van der Waals surface area contributed by atoms with Crippen molar-refractivity contribution in [1.29, 1.82) is 0 Å². The van der Waals surface area contributed by atoms with Gasteiger partial charge in [-0.3, -0.25) is 9.59 Å². The van der Waals surface area contributed by atoms with Crippen LogP contribution in [0.15, 0.2) is 54.9 Å². The predicted molar refractivity (Wildman–Crippen MR) is 111 cm³/mol. The molecule has 3 heterocycles. The van der Waals surface area contributed by atoms with Crippen molar-refractivity contribution in [1.82, 2.24) is 19.2 Å². The number of carbonyl (C=O) groups is 2. The molecule has 1 fully saturated rings. The van der Waals surface area contributed by atoms with E-state index >= 15 is 0 Å². The molecule has 3 aromatic rings. The number of carbonyl (C=O) groups excluding carboxylic acids is 2. The van der Waals surface area contributed by atoms with Gasteiger partial charge in [0.15, 0.2) is 0 Å². The number of likely N-dealkylation sites (tertiary alicyclic amines) is 1. The van der Waals surface area contributed by atoms with Gasteiger partial charge in [0.2, 0.25) is 11.8 Å². The summed E-state index contributed by atoms with van der Waals surface area (Å²) in [5, 5.41) is 0.667. The molecule has 2 aromatic heterocycles. The molecule has 0 saturated carbocycles. The first kappa shape index (κ1) is 19.5. The van der Waals surface area contributed by atoms with Gasteiger partial charge in [-0.2, -0.15) is 0 Å². The number of hydrogen-bond donors (Lipinski definition) is 0. The Balaban J connectivity index is 1.42. The second-order valence-corrected chi connectivity index (χ2v) is 7.95. The van der Waals surface area contributed by atoms with Gasteiger partial charge >= 0.3 is 0 Å². The van der Waals surface area contributed by atoms with E-state index in [2.05, 4.69) is 4.98 Å². The summed E-state index contributed by atoms with van der Waals surface area (Å²) in [4.78, 5) is 33.3. The Labute approximate surface area is 174 Å². The van der Waals surface area contributed by atoms with E-state index < -0.39 is 0 Å². The number of piperidine rings is 1. The van der Waals surface area contributed by atoms with Gasteiger partial charge in [-0.05, 0) is 36.2 Å². The van der Waals surface area contributed by atoms with Crippen molar-refractivity contribution >= 4 is 29.1 Å². The van der Waals surface area contributed by atoms with Crippen molar-refractivity contribution in [2.75, 3.05) is 13.6 Å². The number of rotatable bonds is 5. The van der Waals surface area contributed by atoms with E-state index in [0.29, 0.717) is 37.5 Å². The van der Waals surface area contributed by atoms with Crippen LogP contribution in [0.3, 0.4) is 0 Å². The van der Waals surface area contributed by atoms with Gasteiger partial charge in [0.25, 0.3) is 0 Å². The third kappa shape index (κ3) is 4.27. The van der Waals surface area contributed by atoms with Crippen LogP contribution in [-0.2, 0) is 22.7 Å². The van der Waals surface area contributed by atoms with Gasteiger partial charge < -0.3 is 14.2 Å². The summed E-state index contributed by atoms with van der Waals surface area (Å²) < 4.78 is 1.99. The van der Waals surface area contributed by atoms with E-state index in [9.17, 15) is 9.59 Å². The maximum atomic E-state index is 13.1. The number of nitrogens with zero attached hydrogens (tertiary/aromatic N) is 4. The highest BCUT2D eigenvalue weighted by Crippen LogP contribution is 2.23. The van der Waals surface area contributed by atoms with Gasteiger partial charge in [-0.25, -0.2) is 4.98 Å². The first-order valence-corrected chi connectivity index (χ1v) is 10.1. The molecule has 4 rings (SSSR count). The Morgan fingerprint density at radius 2 is 2.03 bits per heavy atom. The highest BCUT2D eigenvalue weighted by molar-refractivity contribution is 6.30. The zero-order chi connectivity index (χ0) is 20.4. The standard InChI is InChI=1S/C22H23ClN4O2/c1-25(15-19-12-24-20-4-2-3-11-27(19)20)22(29)17-7-10-21(28)26(14-17)13-16-5-8-18(23)9-6-16/h2-6,8-9,11-12,17H,7,10,13-15H2,1H3. The highest BCUT2D eigenvalue weighted by atomic mass is 35.5. The average molecular weight is 411 g/mol. The molecule has 0 spiro atoms. The number of amides is 2. The largest absolute Gasteiger partial charge is 0.340 e. The number of fused-ring (bicyclic) bond motifs is 1. The van der Waals surface area contributed by atoms with Crippen molar-refractivity contribution in [3.63, 3.8) is 0 Å². The molecule has 0 radical (unpaired) electrons. The lowest BCUT2D eigenvalue weighted by Gasteiger charge is -2.34.